The van der Waals surface area contributed by atoms with Gasteiger partial charge in [-0.05, 0) is 24.5 Å². The summed E-state index contributed by atoms with van der Waals surface area (Å²) in [5.74, 6) is -0.416. The number of aliphatic hydroxyl groups is 1. The standard InChI is InChI=1S/C15H19NO3/c1-2-5-14(18)10(9-17)8-13-11-6-3-4-7-12(11)15(19)16-13/h3-4,6-7,10,13,17H,2,5,8-9H2,1H3,(H,16,19). The fraction of sp³-hybridized carbons (Fsp3) is 0.467. The molecule has 2 rings (SSSR count). The van der Waals surface area contributed by atoms with E-state index in [-0.39, 0.29) is 24.3 Å². The summed E-state index contributed by atoms with van der Waals surface area (Å²) in [6, 6.07) is 7.23. The Morgan fingerprint density at radius 3 is 2.84 bits per heavy atom. The lowest BCUT2D eigenvalue weighted by atomic mass is 9.91. The van der Waals surface area contributed by atoms with Gasteiger partial charge in [-0.2, -0.15) is 0 Å². The zero-order valence-corrected chi connectivity index (χ0v) is 11.1. The Morgan fingerprint density at radius 2 is 2.16 bits per heavy atom. The maximum atomic E-state index is 11.9. The highest BCUT2D eigenvalue weighted by molar-refractivity contribution is 5.99. The van der Waals surface area contributed by atoms with Gasteiger partial charge in [0.2, 0.25) is 0 Å². The molecule has 0 saturated heterocycles. The van der Waals surface area contributed by atoms with Crippen LogP contribution in [-0.4, -0.2) is 23.4 Å². The lowest BCUT2D eigenvalue weighted by Crippen LogP contribution is -2.26. The first-order chi connectivity index (χ1) is 9.17. The second kappa shape index (κ2) is 5.97. The van der Waals surface area contributed by atoms with E-state index in [9.17, 15) is 14.7 Å². The summed E-state index contributed by atoms with van der Waals surface area (Å²) in [6.07, 6.45) is 1.73. The summed E-state index contributed by atoms with van der Waals surface area (Å²) < 4.78 is 0. The van der Waals surface area contributed by atoms with Crippen LogP contribution in [0.2, 0.25) is 0 Å². The summed E-state index contributed by atoms with van der Waals surface area (Å²) in [5.41, 5.74) is 1.60. The van der Waals surface area contributed by atoms with Crippen molar-refractivity contribution in [1.29, 1.82) is 0 Å². The third-order valence-corrected chi connectivity index (χ3v) is 3.58. The Balaban J connectivity index is 2.12. The van der Waals surface area contributed by atoms with E-state index < -0.39 is 5.92 Å². The van der Waals surface area contributed by atoms with Gasteiger partial charge in [-0.1, -0.05) is 25.1 Å². The Bertz CT molecular complexity index is 484. The smallest absolute Gasteiger partial charge is 0.252 e. The van der Waals surface area contributed by atoms with Gasteiger partial charge in [0, 0.05) is 17.9 Å². The van der Waals surface area contributed by atoms with Gasteiger partial charge in [-0.3, -0.25) is 9.59 Å². The minimum atomic E-state index is -0.392. The van der Waals surface area contributed by atoms with Crippen molar-refractivity contribution in [2.24, 2.45) is 5.92 Å². The van der Waals surface area contributed by atoms with Crippen molar-refractivity contribution in [2.45, 2.75) is 32.2 Å². The van der Waals surface area contributed by atoms with Gasteiger partial charge < -0.3 is 10.4 Å². The zero-order chi connectivity index (χ0) is 13.8. The van der Waals surface area contributed by atoms with Gasteiger partial charge in [0.1, 0.15) is 5.78 Å². The van der Waals surface area contributed by atoms with Crippen LogP contribution in [0.25, 0.3) is 0 Å². The molecule has 0 spiro atoms. The van der Waals surface area contributed by atoms with Gasteiger partial charge in [0.05, 0.1) is 12.6 Å². The number of rotatable bonds is 6. The van der Waals surface area contributed by atoms with Gasteiger partial charge in [-0.15, -0.1) is 0 Å². The third-order valence-electron chi connectivity index (χ3n) is 3.58. The second-order valence-electron chi connectivity index (χ2n) is 4.94. The summed E-state index contributed by atoms with van der Waals surface area (Å²) >= 11 is 0. The SMILES string of the molecule is CCCC(=O)C(CO)CC1NC(=O)c2ccccc21. The van der Waals surface area contributed by atoms with Crippen LogP contribution in [0.1, 0.15) is 48.1 Å². The van der Waals surface area contributed by atoms with Crippen molar-refractivity contribution >= 4 is 11.7 Å². The molecule has 0 fully saturated rings. The molecule has 0 radical (unpaired) electrons. The molecule has 1 aliphatic rings. The molecular weight excluding hydrogens is 242 g/mol. The van der Waals surface area contributed by atoms with Crippen molar-refractivity contribution in [3.8, 4) is 0 Å². The van der Waals surface area contributed by atoms with Gasteiger partial charge in [-0.25, -0.2) is 0 Å². The Labute approximate surface area is 112 Å². The molecule has 102 valence electrons. The number of ketones is 1. The number of aliphatic hydroxyl groups excluding tert-OH is 1. The first-order valence-electron chi connectivity index (χ1n) is 6.70. The average molecular weight is 261 g/mol. The fourth-order valence-corrected chi connectivity index (χ4v) is 2.55. The molecule has 2 atom stereocenters. The molecule has 0 aromatic heterocycles. The molecule has 2 unspecified atom stereocenters. The molecule has 0 saturated carbocycles. The number of carbonyl (C=O) groups is 2. The van der Waals surface area contributed by atoms with E-state index in [4.69, 9.17) is 0 Å². The van der Waals surface area contributed by atoms with Crippen LogP contribution in [0, 0.1) is 5.92 Å². The molecular formula is C15H19NO3. The van der Waals surface area contributed by atoms with Crippen molar-refractivity contribution in [3.05, 3.63) is 35.4 Å². The molecule has 0 aliphatic carbocycles. The van der Waals surface area contributed by atoms with E-state index in [2.05, 4.69) is 5.32 Å². The van der Waals surface area contributed by atoms with Crippen LogP contribution in [0.3, 0.4) is 0 Å². The minimum Gasteiger partial charge on any atom is -0.396 e. The Kier molecular flexibility index (Phi) is 4.32. The predicted octanol–water partition coefficient (Wildman–Crippen LogP) is 1.84. The van der Waals surface area contributed by atoms with Crippen LogP contribution in [0.15, 0.2) is 24.3 Å². The topological polar surface area (TPSA) is 66.4 Å². The first kappa shape index (κ1) is 13.7. The lowest BCUT2D eigenvalue weighted by Gasteiger charge is -2.18. The maximum Gasteiger partial charge on any atom is 0.252 e. The van der Waals surface area contributed by atoms with Crippen LogP contribution in [-0.2, 0) is 4.79 Å². The first-order valence-corrected chi connectivity index (χ1v) is 6.70. The molecule has 1 aromatic carbocycles. The van der Waals surface area contributed by atoms with Crippen molar-refractivity contribution in [2.75, 3.05) is 6.61 Å². The van der Waals surface area contributed by atoms with Crippen molar-refractivity contribution < 1.29 is 14.7 Å². The van der Waals surface area contributed by atoms with E-state index >= 15 is 0 Å². The van der Waals surface area contributed by atoms with Crippen LogP contribution in [0.4, 0.5) is 0 Å². The van der Waals surface area contributed by atoms with E-state index in [0.29, 0.717) is 18.4 Å². The number of carbonyl (C=O) groups excluding carboxylic acids is 2. The van der Waals surface area contributed by atoms with Crippen molar-refractivity contribution in [3.63, 3.8) is 0 Å². The summed E-state index contributed by atoms with van der Waals surface area (Å²) in [4.78, 5) is 23.7. The molecule has 1 aromatic rings. The molecule has 1 heterocycles. The molecule has 4 heteroatoms. The molecule has 0 bridgehead atoms. The number of benzene rings is 1. The van der Waals surface area contributed by atoms with E-state index in [1.807, 2.05) is 25.1 Å². The third kappa shape index (κ3) is 2.84. The summed E-state index contributed by atoms with van der Waals surface area (Å²) in [5, 5.41) is 12.2. The number of amides is 1. The van der Waals surface area contributed by atoms with Gasteiger partial charge >= 0.3 is 0 Å². The minimum absolute atomic E-state index is 0.0728. The van der Waals surface area contributed by atoms with Gasteiger partial charge in [0.15, 0.2) is 0 Å². The molecule has 19 heavy (non-hydrogen) atoms. The van der Waals surface area contributed by atoms with Crippen LogP contribution >= 0.6 is 0 Å². The van der Waals surface area contributed by atoms with E-state index in [1.54, 1.807) is 6.07 Å². The highest BCUT2D eigenvalue weighted by Gasteiger charge is 2.31. The molecule has 1 amide bonds. The predicted molar refractivity (Wildman–Crippen MR) is 71.8 cm³/mol. The van der Waals surface area contributed by atoms with Crippen molar-refractivity contribution in [1.82, 2.24) is 5.32 Å². The van der Waals surface area contributed by atoms with Crippen LogP contribution < -0.4 is 5.32 Å². The summed E-state index contributed by atoms with van der Waals surface area (Å²) in [7, 11) is 0. The van der Waals surface area contributed by atoms with E-state index in [1.165, 1.54) is 0 Å². The zero-order valence-electron chi connectivity index (χ0n) is 11.1. The highest BCUT2D eigenvalue weighted by atomic mass is 16.3. The average Bonchev–Trinajstić information content (AvgIpc) is 2.73. The molecule has 2 N–H and O–H groups in total. The number of hydrogen-bond acceptors (Lipinski definition) is 3. The monoisotopic (exact) mass is 261 g/mol. The fourth-order valence-electron chi connectivity index (χ4n) is 2.55. The Morgan fingerprint density at radius 1 is 1.42 bits per heavy atom. The lowest BCUT2D eigenvalue weighted by molar-refractivity contribution is -0.124. The number of Topliss-reactive ketones (excluding diaryl/α,β-unsaturated/α-hetero) is 1. The quantitative estimate of drug-likeness (QED) is 0.821. The number of nitrogens with one attached hydrogen (secondary N) is 1. The van der Waals surface area contributed by atoms with E-state index in [0.717, 1.165) is 12.0 Å². The van der Waals surface area contributed by atoms with Gasteiger partial charge in [0.25, 0.3) is 5.91 Å². The number of fused-ring (bicyclic) bond motifs is 1. The second-order valence-corrected chi connectivity index (χ2v) is 4.94. The van der Waals surface area contributed by atoms with Crippen LogP contribution in [0.5, 0.6) is 0 Å². The molecule has 4 nitrogen and oxygen atoms in total. The maximum absolute atomic E-state index is 11.9. The highest BCUT2D eigenvalue weighted by Crippen LogP contribution is 2.30. The normalized spacial score (nSPS) is 18.8. The Hall–Kier alpha value is -1.68. The summed E-state index contributed by atoms with van der Waals surface area (Å²) in [6.45, 7) is 1.78. The number of hydrogen-bond donors (Lipinski definition) is 2. The largest absolute Gasteiger partial charge is 0.396 e. The molecule has 1 aliphatic heterocycles.